The van der Waals surface area contributed by atoms with Gasteiger partial charge in [-0.25, -0.2) is 5.01 Å². The number of fused-ring (bicyclic) bond motifs is 1. The molecule has 2 N–H and O–H groups in total. The lowest BCUT2D eigenvalue weighted by molar-refractivity contribution is -0.139. The van der Waals surface area contributed by atoms with Gasteiger partial charge in [0, 0.05) is 5.56 Å². The average Bonchev–Trinajstić information content (AvgIpc) is 2.84. The van der Waals surface area contributed by atoms with Gasteiger partial charge in [0.2, 0.25) is 11.8 Å². The fraction of sp³-hybridized carbons (Fsp3) is 0.346. The van der Waals surface area contributed by atoms with Crippen LogP contribution in [-0.2, 0) is 9.59 Å². The highest BCUT2D eigenvalue weighted by Crippen LogP contribution is 2.32. The fourth-order valence-corrected chi connectivity index (χ4v) is 4.44. The SMILES string of the molecule is COc1ccc(C(NC(=O)c2cccc(N3NC(=O)C4CC=CCC4C3=O)c2)C(C)C)cc1. The van der Waals surface area contributed by atoms with Crippen LogP contribution in [-0.4, -0.2) is 24.8 Å². The van der Waals surface area contributed by atoms with E-state index in [1.807, 2.05) is 50.3 Å². The summed E-state index contributed by atoms with van der Waals surface area (Å²) in [5.41, 5.74) is 4.58. The molecule has 4 rings (SSSR count). The number of hydrogen-bond acceptors (Lipinski definition) is 4. The molecule has 2 aromatic rings. The van der Waals surface area contributed by atoms with Crippen LogP contribution in [0.25, 0.3) is 0 Å². The Bertz CT molecular complexity index is 1080. The molecule has 0 aromatic heterocycles. The molecular formula is C26H29N3O4. The van der Waals surface area contributed by atoms with Crippen molar-refractivity contribution in [2.45, 2.75) is 32.7 Å². The summed E-state index contributed by atoms with van der Waals surface area (Å²) in [6.45, 7) is 4.09. The number of nitrogens with one attached hydrogen (secondary N) is 2. The Morgan fingerprint density at radius 3 is 2.42 bits per heavy atom. The number of anilines is 1. The lowest BCUT2D eigenvalue weighted by Crippen LogP contribution is -2.59. The van der Waals surface area contributed by atoms with Gasteiger partial charge in [-0.1, -0.05) is 44.2 Å². The Morgan fingerprint density at radius 1 is 1.06 bits per heavy atom. The van der Waals surface area contributed by atoms with Crippen LogP contribution in [0.2, 0.25) is 0 Å². The van der Waals surface area contributed by atoms with Crippen LogP contribution in [0.5, 0.6) is 5.75 Å². The maximum atomic E-state index is 13.1. The Labute approximate surface area is 193 Å². The number of hydrazine groups is 1. The van der Waals surface area contributed by atoms with Crippen LogP contribution in [0.3, 0.4) is 0 Å². The maximum Gasteiger partial charge on any atom is 0.251 e. The van der Waals surface area contributed by atoms with Crippen molar-refractivity contribution >= 4 is 23.4 Å². The molecule has 1 aliphatic heterocycles. The molecule has 0 saturated carbocycles. The van der Waals surface area contributed by atoms with E-state index in [0.29, 0.717) is 24.1 Å². The van der Waals surface area contributed by atoms with Gasteiger partial charge in [0.15, 0.2) is 0 Å². The first kappa shape index (κ1) is 22.6. The van der Waals surface area contributed by atoms with Gasteiger partial charge in [-0.2, -0.15) is 0 Å². The Balaban J connectivity index is 1.54. The molecule has 7 nitrogen and oxygen atoms in total. The molecule has 1 heterocycles. The van der Waals surface area contributed by atoms with Gasteiger partial charge in [0.05, 0.1) is 30.7 Å². The van der Waals surface area contributed by atoms with Crippen molar-refractivity contribution in [3.8, 4) is 5.75 Å². The molecular weight excluding hydrogens is 418 g/mol. The first-order valence-electron chi connectivity index (χ1n) is 11.2. The van der Waals surface area contributed by atoms with E-state index in [1.54, 1.807) is 31.4 Å². The summed E-state index contributed by atoms with van der Waals surface area (Å²) in [5, 5.41) is 4.38. The van der Waals surface area contributed by atoms with Crippen molar-refractivity contribution in [2.75, 3.05) is 12.1 Å². The first-order chi connectivity index (χ1) is 15.9. The second kappa shape index (κ2) is 9.48. The molecule has 1 saturated heterocycles. The highest BCUT2D eigenvalue weighted by atomic mass is 16.5. The van der Waals surface area contributed by atoms with Crippen LogP contribution in [0.4, 0.5) is 5.69 Å². The minimum absolute atomic E-state index is 0.153. The van der Waals surface area contributed by atoms with Gasteiger partial charge in [0.25, 0.3) is 5.91 Å². The third-order valence-corrected chi connectivity index (χ3v) is 6.32. The summed E-state index contributed by atoms with van der Waals surface area (Å²) in [5.74, 6) is -0.365. The topological polar surface area (TPSA) is 87.7 Å². The van der Waals surface area contributed by atoms with Crippen molar-refractivity contribution in [1.82, 2.24) is 10.7 Å². The van der Waals surface area contributed by atoms with Crippen LogP contribution < -0.4 is 20.5 Å². The van der Waals surface area contributed by atoms with Crippen LogP contribution in [0.15, 0.2) is 60.7 Å². The molecule has 0 radical (unpaired) electrons. The lowest BCUT2D eigenvalue weighted by atomic mass is 9.80. The molecule has 172 valence electrons. The van der Waals surface area contributed by atoms with E-state index in [2.05, 4.69) is 10.7 Å². The summed E-state index contributed by atoms with van der Waals surface area (Å²) in [7, 11) is 1.62. The highest BCUT2D eigenvalue weighted by molar-refractivity contribution is 6.05. The van der Waals surface area contributed by atoms with Crippen LogP contribution >= 0.6 is 0 Å². The van der Waals surface area contributed by atoms with Crippen molar-refractivity contribution in [1.29, 1.82) is 0 Å². The van der Waals surface area contributed by atoms with Gasteiger partial charge in [-0.3, -0.25) is 19.8 Å². The molecule has 33 heavy (non-hydrogen) atoms. The standard InChI is InChI=1S/C26H29N3O4/c1-16(2)23(17-11-13-20(33-3)14-12-17)27-24(30)18-7-6-8-19(15-18)29-26(32)22-10-5-4-9-21(22)25(31)28-29/h4-8,11-16,21-23H,9-10H2,1-3H3,(H,27,30)(H,28,31). The summed E-state index contributed by atoms with van der Waals surface area (Å²) < 4.78 is 5.23. The van der Waals surface area contributed by atoms with Crippen LogP contribution in [0, 0.1) is 17.8 Å². The molecule has 2 aliphatic rings. The second-order valence-corrected chi connectivity index (χ2v) is 8.82. The van der Waals surface area contributed by atoms with E-state index in [-0.39, 0.29) is 41.5 Å². The smallest absolute Gasteiger partial charge is 0.251 e. The fourth-order valence-electron chi connectivity index (χ4n) is 4.44. The number of carbonyl (C=O) groups excluding carboxylic acids is 3. The minimum Gasteiger partial charge on any atom is -0.497 e. The zero-order valence-electron chi connectivity index (χ0n) is 19.1. The Kier molecular flexibility index (Phi) is 6.49. The number of nitrogens with zero attached hydrogens (tertiary/aromatic N) is 1. The Hall–Kier alpha value is -3.61. The molecule has 3 unspecified atom stereocenters. The third-order valence-electron chi connectivity index (χ3n) is 6.32. The van der Waals surface area contributed by atoms with Crippen molar-refractivity contribution in [3.05, 3.63) is 71.8 Å². The normalized spacial score (nSPS) is 20.8. The molecule has 0 bridgehead atoms. The minimum atomic E-state index is -0.373. The second-order valence-electron chi connectivity index (χ2n) is 8.82. The molecule has 0 spiro atoms. The van der Waals surface area contributed by atoms with Gasteiger partial charge >= 0.3 is 0 Å². The van der Waals surface area contributed by atoms with Crippen molar-refractivity contribution in [3.63, 3.8) is 0 Å². The van der Waals surface area contributed by atoms with E-state index in [0.717, 1.165) is 11.3 Å². The van der Waals surface area contributed by atoms with E-state index < -0.39 is 0 Å². The summed E-state index contributed by atoms with van der Waals surface area (Å²) >= 11 is 0. The number of ether oxygens (including phenoxy) is 1. The number of carbonyl (C=O) groups is 3. The molecule has 7 heteroatoms. The molecule has 3 amide bonds. The predicted molar refractivity (Wildman–Crippen MR) is 125 cm³/mol. The van der Waals surface area contributed by atoms with Crippen molar-refractivity contribution in [2.24, 2.45) is 17.8 Å². The predicted octanol–water partition coefficient (Wildman–Crippen LogP) is 3.78. The number of methoxy groups -OCH3 is 1. The average molecular weight is 448 g/mol. The summed E-state index contributed by atoms with van der Waals surface area (Å²) in [6, 6.07) is 14.2. The number of amides is 3. The monoisotopic (exact) mass is 447 g/mol. The summed E-state index contributed by atoms with van der Waals surface area (Å²) in [4.78, 5) is 38.8. The van der Waals surface area contributed by atoms with Gasteiger partial charge in [-0.05, 0) is 54.7 Å². The number of benzene rings is 2. The largest absolute Gasteiger partial charge is 0.497 e. The maximum absolute atomic E-state index is 13.1. The first-order valence-corrected chi connectivity index (χ1v) is 11.2. The zero-order chi connectivity index (χ0) is 23.5. The quantitative estimate of drug-likeness (QED) is 0.660. The molecule has 1 aliphatic carbocycles. The van der Waals surface area contributed by atoms with Crippen LogP contribution in [0.1, 0.15) is 48.7 Å². The van der Waals surface area contributed by atoms with E-state index >= 15 is 0 Å². The molecule has 3 atom stereocenters. The van der Waals surface area contributed by atoms with Crippen molar-refractivity contribution < 1.29 is 19.1 Å². The zero-order valence-corrected chi connectivity index (χ0v) is 19.1. The number of hydrogen-bond donors (Lipinski definition) is 2. The Morgan fingerprint density at radius 2 is 1.76 bits per heavy atom. The number of allylic oxidation sites excluding steroid dienone is 2. The van der Waals surface area contributed by atoms with Gasteiger partial charge < -0.3 is 10.1 Å². The van der Waals surface area contributed by atoms with Gasteiger partial charge in [-0.15, -0.1) is 0 Å². The van der Waals surface area contributed by atoms with E-state index in [1.165, 1.54) is 5.01 Å². The summed E-state index contributed by atoms with van der Waals surface area (Å²) in [6.07, 6.45) is 5.01. The molecule has 1 fully saturated rings. The van der Waals surface area contributed by atoms with Gasteiger partial charge in [0.1, 0.15) is 5.75 Å². The van der Waals surface area contributed by atoms with E-state index in [4.69, 9.17) is 4.74 Å². The molecule has 2 aromatic carbocycles. The third kappa shape index (κ3) is 4.62. The van der Waals surface area contributed by atoms with E-state index in [9.17, 15) is 14.4 Å². The highest BCUT2D eigenvalue weighted by Gasteiger charge is 2.42. The lowest BCUT2D eigenvalue weighted by Gasteiger charge is -2.38. The number of rotatable bonds is 6.